The summed E-state index contributed by atoms with van der Waals surface area (Å²) in [6.07, 6.45) is 1.48. The summed E-state index contributed by atoms with van der Waals surface area (Å²) in [5.41, 5.74) is 5.30. The van der Waals surface area contributed by atoms with Crippen LogP contribution in [0.5, 0.6) is 0 Å². The number of halogens is 1. The Labute approximate surface area is 115 Å². The molecule has 0 saturated carbocycles. The van der Waals surface area contributed by atoms with E-state index in [2.05, 4.69) is 5.32 Å². The highest BCUT2D eigenvalue weighted by Crippen LogP contribution is 2.19. The van der Waals surface area contributed by atoms with Crippen molar-refractivity contribution < 1.29 is 13.2 Å². The van der Waals surface area contributed by atoms with Crippen molar-refractivity contribution in [3.8, 4) is 0 Å². The number of nitrogens with zero attached hydrogens (tertiary/aromatic N) is 1. The molecule has 0 aromatic rings. The highest BCUT2D eigenvalue weighted by molar-refractivity contribution is 7.89. The highest BCUT2D eigenvalue weighted by atomic mass is 35.5. The molecular weight excluding hydrogens is 278 g/mol. The number of piperidine rings is 1. The van der Waals surface area contributed by atoms with Gasteiger partial charge in [-0.25, -0.2) is 12.7 Å². The summed E-state index contributed by atoms with van der Waals surface area (Å²) in [6, 6.07) is 0. The monoisotopic (exact) mass is 299 g/mol. The molecule has 0 spiro atoms. The van der Waals surface area contributed by atoms with Crippen molar-refractivity contribution >= 4 is 28.3 Å². The molecule has 0 aromatic carbocycles. The lowest BCUT2D eigenvalue weighted by atomic mass is 9.99. The lowest BCUT2D eigenvalue weighted by Gasteiger charge is -2.30. The van der Waals surface area contributed by atoms with Crippen molar-refractivity contribution in [2.24, 2.45) is 11.7 Å². The van der Waals surface area contributed by atoms with Crippen LogP contribution in [-0.4, -0.2) is 50.6 Å². The minimum Gasteiger partial charge on any atom is -0.355 e. The van der Waals surface area contributed by atoms with Gasteiger partial charge >= 0.3 is 0 Å². The first-order valence-electron chi connectivity index (χ1n) is 5.97. The Bertz CT molecular complexity index is 361. The van der Waals surface area contributed by atoms with Crippen LogP contribution in [-0.2, 0) is 14.8 Å². The van der Waals surface area contributed by atoms with Gasteiger partial charge in [0, 0.05) is 26.2 Å². The number of carbonyl (C=O) groups is 1. The van der Waals surface area contributed by atoms with E-state index in [0.717, 1.165) is 12.8 Å². The zero-order valence-electron chi connectivity index (χ0n) is 10.6. The van der Waals surface area contributed by atoms with Gasteiger partial charge in [0.15, 0.2) is 0 Å². The van der Waals surface area contributed by atoms with Gasteiger partial charge in [-0.2, -0.15) is 0 Å². The van der Waals surface area contributed by atoms with Crippen LogP contribution in [0.3, 0.4) is 0 Å². The van der Waals surface area contributed by atoms with E-state index in [-0.39, 0.29) is 30.0 Å². The zero-order valence-corrected chi connectivity index (χ0v) is 12.2. The minimum atomic E-state index is -3.18. The SMILES string of the molecule is CCS(=O)(=O)N1CCCC(C(=O)NCCN)C1.Cl. The van der Waals surface area contributed by atoms with Gasteiger partial charge < -0.3 is 11.1 Å². The van der Waals surface area contributed by atoms with Crippen LogP contribution < -0.4 is 11.1 Å². The summed E-state index contributed by atoms with van der Waals surface area (Å²) in [4.78, 5) is 11.7. The average molecular weight is 300 g/mol. The molecule has 0 bridgehead atoms. The second kappa shape index (κ2) is 7.93. The molecule has 8 heteroatoms. The highest BCUT2D eigenvalue weighted by Gasteiger charge is 2.30. The molecule has 1 aliphatic heterocycles. The first-order valence-corrected chi connectivity index (χ1v) is 7.57. The summed E-state index contributed by atoms with van der Waals surface area (Å²) in [5, 5.41) is 2.71. The lowest BCUT2D eigenvalue weighted by molar-refractivity contribution is -0.126. The smallest absolute Gasteiger partial charge is 0.224 e. The van der Waals surface area contributed by atoms with Gasteiger partial charge in [-0.15, -0.1) is 12.4 Å². The van der Waals surface area contributed by atoms with Crippen molar-refractivity contribution in [3.05, 3.63) is 0 Å². The summed E-state index contributed by atoms with van der Waals surface area (Å²) in [6.45, 7) is 3.28. The van der Waals surface area contributed by atoms with Gasteiger partial charge in [0.1, 0.15) is 0 Å². The summed E-state index contributed by atoms with van der Waals surface area (Å²) in [5.74, 6) is -0.243. The maximum atomic E-state index is 11.7. The van der Waals surface area contributed by atoms with E-state index in [0.29, 0.717) is 26.2 Å². The van der Waals surface area contributed by atoms with Crippen molar-refractivity contribution in [3.63, 3.8) is 0 Å². The molecule has 3 N–H and O–H groups in total. The topological polar surface area (TPSA) is 92.5 Å². The standard InChI is InChI=1S/C10H21N3O3S.ClH/c1-2-17(15,16)13-7-3-4-9(8-13)10(14)12-6-5-11;/h9H,2-8,11H2,1H3,(H,12,14);1H. The van der Waals surface area contributed by atoms with E-state index in [1.807, 2.05) is 0 Å². The molecule has 6 nitrogen and oxygen atoms in total. The maximum Gasteiger partial charge on any atom is 0.224 e. The van der Waals surface area contributed by atoms with Gasteiger partial charge in [-0.3, -0.25) is 4.79 Å². The Morgan fingerprint density at radius 1 is 1.50 bits per heavy atom. The summed E-state index contributed by atoms with van der Waals surface area (Å²) < 4.78 is 24.8. The van der Waals surface area contributed by atoms with Crippen molar-refractivity contribution in [1.82, 2.24) is 9.62 Å². The average Bonchev–Trinajstić information content (AvgIpc) is 2.36. The van der Waals surface area contributed by atoms with E-state index < -0.39 is 10.0 Å². The molecule has 0 aromatic heterocycles. The number of nitrogens with one attached hydrogen (secondary N) is 1. The van der Waals surface area contributed by atoms with Crippen LogP contribution >= 0.6 is 12.4 Å². The van der Waals surface area contributed by atoms with E-state index in [9.17, 15) is 13.2 Å². The second-order valence-corrected chi connectivity index (χ2v) is 6.44. The van der Waals surface area contributed by atoms with Crippen LogP contribution in [0.1, 0.15) is 19.8 Å². The Hall–Kier alpha value is -0.370. The molecule has 1 aliphatic rings. The van der Waals surface area contributed by atoms with Crippen LogP contribution in [0.15, 0.2) is 0 Å². The number of amides is 1. The largest absolute Gasteiger partial charge is 0.355 e. The zero-order chi connectivity index (χ0) is 12.9. The fourth-order valence-corrected chi connectivity index (χ4v) is 3.11. The quantitative estimate of drug-likeness (QED) is 0.719. The molecule has 1 rings (SSSR count). The molecule has 1 saturated heterocycles. The normalized spacial score (nSPS) is 21.1. The first kappa shape index (κ1) is 17.6. The van der Waals surface area contributed by atoms with Crippen LogP contribution in [0.2, 0.25) is 0 Å². The predicted octanol–water partition coefficient (Wildman–Crippen LogP) is -0.455. The summed E-state index contributed by atoms with van der Waals surface area (Å²) in [7, 11) is -3.18. The molecule has 0 radical (unpaired) electrons. The Morgan fingerprint density at radius 2 is 2.17 bits per heavy atom. The molecule has 18 heavy (non-hydrogen) atoms. The number of sulfonamides is 1. The van der Waals surface area contributed by atoms with Crippen LogP contribution in [0.25, 0.3) is 0 Å². The van der Waals surface area contributed by atoms with Crippen molar-refractivity contribution in [1.29, 1.82) is 0 Å². The fourth-order valence-electron chi connectivity index (χ4n) is 1.93. The molecule has 1 unspecified atom stereocenters. The van der Waals surface area contributed by atoms with E-state index in [1.54, 1.807) is 6.92 Å². The second-order valence-electron chi connectivity index (χ2n) is 4.18. The van der Waals surface area contributed by atoms with Crippen LogP contribution in [0, 0.1) is 5.92 Å². The third-order valence-corrected chi connectivity index (χ3v) is 4.80. The predicted molar refractivity (Wildman–Crippen MR) is 73.1 cm³/mol. The number of rotatable bonds is 5. The van der Waals surface area contributed by atoms with E-state index in [1.165, 1.54) is 4.31 Å². The van der Waals surface area contributed by atoms with E-state index >= 15 is 0 Å². The number of nitrogens with two attached hydrogens (primary N) is 1. The Balaban J connectivity index is 0.00000289. The van der Waals surface area contributed by atoms with Crippen LogP contribution in [0.4, 0.5) is 0 Å². The minimum absolute atomic E-state index is 0. The van der Waals surface area contributed by atoms with Gasteiger partial charge in [-0.1, -0.05) is 0 Å². The third-order valence-electron chi connectivity index (χ3n) is 2.96. The molecule has 1 heterocycles. The van der Waals surface area contributed by atoms with Gasteiger partial charge in [-0.05, 0) is 19.8 Å². The lowest BCUT2D eigenvalue weighted by Crippen LogP contribution is -2.46. The van der Waals surface area contributed by atoms with Gasteiger partial charge in [0.05, 0.1) is 11.7 Å². The Kier molecular flexibility index (Phi) is 7.77. The number of carbonyl (C=O) groups excluding carboxylic acids is 1. The molecule has 0 aliphatic carbocycles. The Morgan fingerprint density at radius 3 is 2.72 bits per heavy atom. The molecular formula is C10H22ClN3O3S. The van der Waals surface area contributed by atoms with E-state index in [4.69, 9.17) is 5.73 Å². The molecule has 108 valence electrons. The molecule has 1 atom stereocenters. The third kappa shape index (κ3) is 4.72. The molecule has 1 fully saturated rings. The first-order chi connectivity index (χ1) is 8.01. The summed E-state index contributed by atoms with van der Waals surface area (Å²) >= 11 is 0. The van der Waals surface area contributed by atoms with Gasteiger partial charge in [0.2, 0.25) is 15.9 Å². The van der Waals surface area contributed by atoms with Gasteiger partial charge in [0.25, 0.3) is 0 Å². The number of hydrogen-bond donors (Lipinski definition) is 2. The van der Waals surface area contributed by atoms with Crippen molar-refractivity contribution in [2.45, 2.75) is 19.8 Å². The van der Waals surface area contributed by atoms with Crippen molar-refractivity contribution in [2.75, 3.05) is 31.9 Å². The number of hydrogen-bond acceptors (Lipinski definition) is 4. The molecule has 1 amide bonds. The maximum absolute atomic E-state index is 11.7. The fraction of sp³-hybridized carbons (Fsp3) is 0.900.